The molecule has 1 fully saturated rings. The molecule has 1 aromatic heterocycles. The van der Waals surface area contributed by atoms with E-state index < -0.39 is 0 Å². The first-order valence-corrected chi connectivity index (χ1v) is 7.97. The van der Waals surface area contributed by atoms with Gasteiger partial charge in [0, 0.05) is 32.0 Å². The van der Waals surface area contributed by atoms with Gasteiger partial charge in [0.25, 0.3) is 0 Å². The smallest absolute Gasteiger partial charge is 0.191 e. The quantitative estimate of drug-likeness (QED) is 0.466. The Balaban J connectivity index is 0.00000192. The number of likely N-dealkylation sites (tertiary alicyclic amines) is 1. The molecule has 2 N–H and O–H groups in total. The van der Waals surface area contributed by atoms with E-state index in [1.54, 1.807) is 6.20 Å². The zero-order valence-corrected chi connectivity index (χ0v) is 15.6. The van der Waals surface area contributed by atoms with E-state index in [1.165, 1.54) is 24.8 Å². The molecule has 1 saturated heterocycles. The Kier molecular flexibility index (Phi) is 6.88. The third kappa shape index (κ3) is 4.95. The van der Waals surface area contributed by atoms with Gasteiger partial charge in [-0.15, -0.1) is 24.0 Å². The van der Waals surface area contributed by atoms with Crippen LogP contribution in [0.3, 0.4) is 0 Å². The fourth-order valence-electron chi connectivity index (χ4n) is 2.76. The van der Waals surface area contributed by atoms with Crippen LogP contribution in [0.5, 0.6) is 0 Å². The van der Waals surface area contributed by atoms with Crippen LogP contribution in [0.2, 0.25) is 0 Å². The zero-order valence-electron chi connectivity index (χ0n) is 13.3. The van der Waals surface area contributed by atoms with Crippen LogP contribution < -0.4 is 5.73 Å². The van der Waals surface area contributed by atoms with E-state index in [-0.39, 0.29) is 24.0 Å². The second-order valence-electron chi connectivity index (χ2n) is 5.65. The third-order valence-electron chi connectivity index (χ3n) is 4.06. The van der Waals surface area contributed by atoms with Crippen LogP contribution >= 0.6 is 24.0 Å². The number of halogens is 1. The van der Waals surface area contributed by atoms with Gasteiger partial charge in [-0.1, -0.05) is 12.1 Å². The summed E-state index contributed by atoms with van der Waals surface area (Å²) in [5, 5.41) is 4.23. The molecule has 0 spiro atoms. The summed E-state index contributed by atoms with van der Waals surface area (Å²) in [5.41, 5.74) is 8.41. The first-order chi connectivity index (χ1) is 10.8. The Morgan fingerprint density at radius 1 is 1.13 bits per heavy atom. The fraction of sp³-hybridized carbons (Fsp3) is 0.412. The maximum Gasteiger partial charge on any atom is 0.191 e. The van der Waals surface area contributed by atoms with Gasteiger partial charge in [0.15, 0.2) is 5.96 Å². The first-order valence-electron chi connectivity index (χ1n) is 7.97. The van der Waals surface area contributed by atoms with Crippen molar-refractivity contribution in [2.45, 2.75) is 25.7 Å². The van der Waals surface area contributed by atoms with Crippen molar-refractivity contribution in [3.8, 4) is 5.69 Å². The highest BCUT2D eigenvalue weighted by Crippen LogP contribution is 2.10. The minimum absolute atomic E-state index is 0. The lowest BCUT2D eigenvalue weighted by Crippen LogP contribution is -2.41. The molecule has 1 aliphatic rings. The van der Waals surface area contributed by atoms with Crippen molar-refractivity contribution in [1.82, 2.24) is 14.7 Å². The number of guanidine groups is 1. The molecule has 0 atom stereocenters. The predicted molar refractivity (Wildman–Crippen MR) is 105 cm³/mol. The van der Waals surface area contributed by atoms with Crippen LogP contribution in [-0.2, 0) is 6.42 Å². The zero-order chi connectivity index (χ0) is 15.2. The van der Waals surface area contributed by atoms with E-state index in [4.69, 9.17) is 5.73 Å². The highest BCUT2D eigenvalue weighted by atomic mass is 127. The molecule has 1 aromatic carbocycles. The van der Waals surface area contributed by atoms with Gasteiger partial charge in [-0.25, -0.2) is 4.68 Å². The van der Waals surface area contributed by atoms with Crippen molar-refractivity contribution in [2.24, 2.45) is 10.7 Å². The average molecular weight is 425 g/mol. The monoisotopic (exact) mass is 425 g/mol. The second kappa shape index (κ2) is 8.90. The van der Waals surface area contributed by atoms with Crippen LogP contribution in [0.15, 0.2) is 47.7 Å². The molecule has 5 nitrogen and oxygen atoms in total. The number of benzene rings is 1. The SMILES string of the molecule is I.NC(=NCCc1ccc(-n2cccn2)cc1)N1CCCCC1. The Bertz CT molecular complexity index is 600. The van der Waals surface area contributed by atoms with Crippen LogP contribution in [0, 0.1) is 0 Å². The molecule has 0 bridgehead atoms. The molecular weight excluding hydrogens is 401 g/mol. The van der Waals surface area contributed by atoms with Gasteiger partial charge in [-0.2, -0.15) is 5.10 Å². The lowest BCUT2D eigenvalue weighted by atomic mass is 10.1. The summed E-state index contributed by atoms with van der Waals surface area (Å²) < 4.78 is 1.86. The summed E-state index contributed by atoms with van der Waals surface area (Å²) in [4.78, 5) is 6.72. The molecule has 3 rings (SSSR count). The van der Waals surface area contributed by atoms with Gasteiger partial charge in [-0.05, 0) is 49.4 Å². The molecular formula is C17H24IN5. The molecule has 0 unspecified atom stereocenters. The lowest BCUT2D eigenvalue weighted by molar-refractivity contribution is 0.338. The second-order valence-corrected chi connectivity index (χ2v) is 5.65. The number of piperidine rings is 1. The predicted octanol–water partition coefficient (Wildman–Crippen LogP) is 2.83. The van der Waals surface area contributed by atoms with Crippen LogP contribution in [0.4, 0.5) is 0 Å². The number of hydrogen-bond acceptors (Lipinski definition) is 2. The van der Waals surface area contributed by atoms with Gasteiger partial charge in [0.2, 0.25) is 0 Å². The maximum atomic E-state index is 6.07. The molecule has 0 amide bonds. The minimum Gasteiger partial charge on any atom is -0.370 e. The average Bonchev–Trinajstić information content (AvgIpc) is 3.11. The summed E-state index contributed by atoms with van der Waals surface area (Å²) in [6.07, 6.45) is 8.40. The number of nitrogens with two attached hydrogens (primary N) is 1. The van der Waals surface area contributed by atoms with Gasteiger partial charge >= 0.3 is 0 Å². The third-order valence-corrected chi connectivity index (χ3v) is 4.06. The van der Waals surface area contributed by atoms with E-state index in [2.05, 4.69) is 39.3 Å². The highest BCUT2D eigenvalue weighted by Gasteiger charge is 2.11. The Morgan fingerprint density at radius 2 is 1.87 bits per heavy atom. The van der Waals surface area contributed by atoms with Gasteiger partial charge in [-0.3, -0.25) is 4.99 Å². The summed E-state index contributed by atoms with van der Waals surface area (Å²) >= 11 is 0. The largest absolute Gasteiger partial charge is 0.370 e. The standard InChI is InChI=1S/C17H23N5.HI/c18-17(21-12-2-1-3-13-21)19-11-9-15-5-7-16(8-6-15)22-14-4-10-20-22;/h4-8,10,14H,1-3,9,11-13H2,(H2,18,19);1H. The topological polar surface area (TPSA) is 59.4 Å². The Labute approximate surface area is 154 Å². The number of aromatic nitrogens is 2. The van der Waals surface area contributed by atoms with Crippen molar-refractivity contribution in [2.75, 3.05) is 19.6 Å². The van der Waals surface area contributed by atoms with Crippen LogP contribution in [-0.4, -0.2) is 40.3 Å². The molecule has 2 aromatic rings. The van der Waals surface area contributed by atoms with Crippen molar-refractivity contribution in [1.29, 1.82) is 0 Å². The lowest BCUT2D eigenvalue weighted by Gasteiger charge is -2.27. The molecule has 1 aliphatic heterocycles. The summed E-state index contributed by atoms with van der Waals surface area (Å²) in [6.45, 7) is 2.84. The van der Waals surface area contributed by atoms with Crippen molar-refractivity contribution in [3.63, 3.8) is 0 Å². The van der Waals surface area contributed by atoms with Gasteiger partial charge in [0.1, 0.15) is 0 Å². The molecule has 6 heteroatoms. The summed E-state index contributed by atoms with van der Waals surface area (Å²) in [6, 6.07) is 10.3. The van der Waals surface area contributed by atoms with Crippen LogP contribution in [0.25, 0.3) is 5.69 Å². The summed E-state index contributed by atoms with van der Waals surface area (Å²) in [5.74, 6) is 0.702. The van der Waals surface area contributed by atoms with Crippen molar-refractivity contribution < 1.29 is 0 Å². The number of rotatable bonds is 4. The highest BCUT2D eigenvalue weighted by molar-refractivity contribution is 14.0. The number of aliphatic imine (C=N–C) groups is 1. The normalized spacial score (nSPS) is 15.3. The molecule has 0 radical (unpaired) electrons. The molecule has 0 saturated carbocycles. The van der Waals surface area contributed by atoms with E-state index in [9.17, 15) is 0 Å². The minimum atomic E-state index is 0. The van der Waals surface area contributed by atoms with Crippen LogP contribution in [0.1, 0.15) is 24.8 Å². The van der Waals surface area contributed by atoms with Gasteiger partial charge < -0.3 is 10.6 Å². The maximum absolute atomic E-state index is 6.07. The Morgan fingerprint density at radius 3 is 2.52 bits per heavy atom. The molecule has 23 heavy (non-hydrogen) atoms. The summed E-state index contributed by atoms with van der Waals surface area (Å²) in [7, 11) is 0. The molecule has 2 heterocycles. The van der Waals surface area contributed by atoms with Crippen molar-refractivity contribution in [3.05, 3.63) is 48.3 Å². The molecule has 124 valence electrons. The van der Waals surface area contributed by atoms with Crippen molar-refractivity contribution >= 4 is 29.9 Å². The number of nitrogens with zero attached hydrogens (tertiary/aromatic N) is 4. The number of hydrogen-bond donors (Lipinski definition) is 1. The van der Waals surface area contributed by atoms with E-state index >= 15 is 0 Å². The van der Waals surface area contributed by atoms with Gasteiger partial charge in [0.05, 0.1) is 5.69 Å². The fourth-order valence-corrected chi connectivity index (χ4v) is 2.76. The van der Waals surface area contributed by atoms with E-state index in [1.807, 2.05) is 16.9 Å². The van der Waals surface area contributed by atoms with E-state index in [0.717, 1.165) is 31.7 Å². The molecule has 0 aliphatic carbocycles. The van der Waals surface area contributed by atoms with E-state index in [0.29, 0.717) is 5.96 Å². The first kappa shape index (κ1) is 17.8. The Hall–Kier alpha value is -1.57.